The summed E-state index contributed by atoms with van der Waals surface area (Å²) < 4.78 is 27.1. The molecule has 21 heavy (non-hydrogen) atoms. The molecule has 0 bridgehead atoms. The minimum atomic E-state index is -3.77. The van der Waals surface area contributed by atoms with E-state index in [4.69, 9.17) is 0 Å². The van der Waals surface area contributed by atoms with Gasteiger partial charge in [-0.15, -0.1) is 0 Å². The number of non-ortho nitro benzene ring substituents is 1. The molecular weight excluding hydrogens is 294 g/mol. The van der Waals surface area contributed by atoms with E-state index < -0.39 is 14.9 Å². The average molecular weight is 315 g/mol. The van der Waals surface area contributed by atoms with Crippen LogP contribution in [0, 0.1) is 10.1 Å². The number of nitro benzene ring substituents is 1. The fraction of sp³-hybridized carbons (Fsp3) is 0.538. The highest BCUT2D eigenvalue weighted by Crippen LogP contribution is 2.26. The zero-order valence-electron chi connectivity index (χ0n) is 12.3. The Balaban J connectivity index is 3.05. The Hall–Kier alpha value is -1.67. The maximum Gasteiger partial charge on any atom is 0.270 e. The normalized spacial score (nSPS) is 11.3. The van der Waals surface area contributed by atoms with Crippen molar-refractivity contribution in [1.29, 1.82) is 0 Å². The quantitative estimate of drug-likeness (QED) is 0.414. The van der Waals surface area contributed by atoms with Crippen molar-refractivity contribution >= 4 is 21.4 Å². The van der Waals surface area contributed by atoms with Crippen molar-refractivity contribution in [3.63, 3.8) is 0 Å². The van der Waals surface area contributed by atoms with Crippen LogP contribution in [0.15, 0.2) is 23.1 Å². The highest BCUT2D eigenvalue weighted by molar-refractivity contribution is 7.89. The van der Waals surface area contributed by atoms with Crippen LogP contribution in [0.1, 0.15) is 33.1 Å². The van der Waals surface area contributed by atoms with Crippen molar-refractivity contribution in [2.45, 2.75) is 38.0 Å². The summed E-state index contributed by atoms with van der Waals surface area (Å²) in [7, 11) is -3.77. The minimum Gasteiger partial charge on any atom is -0.384 e. The van der Waals surface area contributed by atoms with E-state index in [1.165, 1.54) is 12.1 Å². The van der Waals surface area contributed by atoms with Crippen LogP contribution in [-0.2, 0) is 10.0 Å². The van der Waals surface area contributed by atoms with Crippen molar-refractivity contribution in [1.82, 2.24) is 4.72 Å². The Bertz CT molecular complexity index is 587. The number of nitrogens with zero attached hydrogens (tertiary/aromatic N) is 1. The fourth-order valence-corrected chi connectivity index (χ4v) is 3.12. The van der Waals surface area contributed by atoms with Crippen LogP contribution < -0.4 is 10.0 Å². The SMILES string of the molecule is CCCCCNS(=O)(=O)c1cc([N+](=O)[O-])ccc1NCC. The largest absolute Gasteiger partial charge is 0.384 e. The molecule has 0 aliphatic heterocycles. The van der Waals surface area contributed by atoms with Crippen LogP contribution in [0.5, 0.6) is 0 Å². The van der Waals surface area contributed by atoms with Crippen molar-refractivity contribution in [2.75, 3.05) is 18.4 Å². The molecule has 0 fully saturated rings. The van der Waals surface area contributed by atoms with Gasteiger partial charge in [-0.05, 0) is 19.4 Å². The van der Waals surface area contributed by atoms with Gasteiger partial charge in [-0.2, -0.15) is 0 Å². The standard InChI is InChI=1S/C13H21N3O4S/c1-3-5-6-9-15-21(19,20)13-10-11(16(17)18)7-8-12(13)14-4-2/h7-8,10,14-15H,3-6,9H2,1-2H3. The lowest BCUT2D eigenvalue weighted by Gasteiger charge is -2.12. The number of nitro groups is 1. The van der Waals surface area contributed by atoms with Crippen LogP contribution in [-0.4, -0.2) is 26.4 Å². The van der Waals surface area contributed by atoms with E-state index in [2.05, 4.69) is 10.0 Å². The smallest absolute Gasteiger partial charge is 0.270 e. The molecule has 0 spiro atoms. The molecule has 0 saturated carbocycles. The molecule has 0 radical (unpaired) electrons. The van der Waals surface area contributed by atoms with Crippen molar-refractivity contribution in [2.24, 2.45) is 0 Å². The molecule has 2 N–H and O–H groups in total. The van der Waals surface area contributed by atoms with Crippen molar-refractivity contribution < 1.29 is 13.3 Å². The van der Waals surface area contributed by atoms with Crippen molar-refractivity contribution in [3.8, 4) is 0 Å². The molecule has 0 atom stereocenters. The van der Waals surface area contributed by atoms with E-state index in [9.17, 15) is 18.5 Å². The van der Waals surface area contributed by atoms with E-state index in [0.29, 0.717) is 18.8 Å². The zero-order valence-corrected chi connectivity index (χ0v) is 13.1. The number of rotatable bonds is 9. The molecule has 1 rings (SSSR count). The summed E-state index contributed by atoms with van der Waals surface area (Å²) in [5, 5.41) is 13.7. The molecule has 0 aliphatic rings. The van der Waals surface area contributed by atoms with E-state index in [0.717, 1.165) is 25.3 Å². The van der Waals surface area contributed by atoms with E-state index >= 15 is 0 Å². The van der Waals surface area contributed by atoms with Gasteiger partial charge in [0.05, 0.1) is 10.6 Å². The van der Waals surface area contributed by atoms with Crippen molar-refractivity contribution in [3.05, 3.63) is 28.3 Å². The lowest BCUT2D eigenvalue weighted by Crippen LogP contribution is -2.25. The van der Waals surface area contributed by atoms with Gasteiger partial charge in [-0.1, -0.05) is 19.8 Å². The number of nitrogens with one attached hydrogen (secondary N) is 2. The number of benzene rings is 1. The van der Waals surface area contributed by atoms with Crippen LogP contribution in [0.25, 0.3) is 0 Å². The molecule has 0 amide bonds. The molecule has 0 heterocycles. The van der Waals surface area contributed by atoms with Gasteiger partial charge >= 0.3 is 0 Å². The van der Waals surface area contributed by atoms with Gasteiger partial charge in [0.1, 0.15) is 4.90 Å². The molecule has 8 heteroatoms. The second-order valence-corrected chi connectivity index (χ2v) is 6.31. The first-order valence-electron chi connectivity index (χ1n) is 6.94. The molecule has 0 aliphatic carbocycles. The number of hydrogen-bond acceptors (Lipinski definition) is 5. The second kappa shape index (κ2) is 7.94. The minimum absolute atomic E-state index is 0.0879. The van der Waals surface area contributed by atoms with E-state index in [-0.39, 0.29) is 10.6 Å². The van der Waals surface area contributed by atoms with Gasteiger partial charge in [-0.3, -0.25) is 10.1 Å². The summed E-state index contributed by atoms with van der Waals surface area (Å²) in [6.45, 7) is 4.70. The van der Waals surface area contributed by atoms with Gasteiger partial charge in [0.25, 0.3) is 5.69 Å². The van der Waals surface area contributed by atoms with Gasteiger partial charge in [-0.25, -0.2) is 13.1 Å². The predicted octanol–water partition coefficient (Wildman–Crippen LogP) is 2.50. The Labute approximate surface area is 124 Å². The Morgan fingerprint density at radius 3 is 2.52 bits per heavy atom. The average Bonchev–Trinajstić information content (AvgIpc) is 2.44. The molecule has 1 aromatic rings. The first-order chi connectivity index (χ1) is 9.92. The Morgan fingerprint density at radius 2 is 1.95 bits per heavy atom. The number of sulfonamides is 1. The number of hydrogen-bond donors (Lipinski definition) is 2. The third kappa shape index (κ3) is 4.98. The molecule has 0 unspecified atom stereocenters. The molecule has 0 saturated heterocycles. The first-order valence-corrected chi connectivity index (χ1v) is 8.42. The molecular formula is C13H21N3O4S. The van der Waals surface area contributed by atoms with Crippen LogP contribution in [0.2, 0.25) is 0 Å². The third-order valence-electron chi connectivity index (χ3n) is 2.91. The topological polar surface area (TPSA) is 101 Å². The molecule has 1 aromatic carbocycles. The first kappa shape index (κ1) is 17.4. The summed E-state index contributed by atoms with van der Waals surface area (Å²) in [4.78, 5) is 10.1. The van der Waals surface area contributed by atoms with E-state index in [1.807, 2.05) is 13.8 Å². The summed E-state index contributed by atoms with van der Waals surface area (Å²) in [5.41, 5.74) is 0.122. The predicted molar refractivity (Wildman–Crippen MR) is 82.0 cm³/mol. The second-order valence-electron chi connectivity index (χ2n) is 4.57. The van der Waals surface area contributed by atoms with Gasteiger partial charge in [0.2, 0.25) is 10.0 Å². The lowest BCUT2D eigenvalue weighted by molar-refractivity contribution is -0.385. The third-order valence-corrected chi connectivity index (χ3v) is 4.41. The monoisotopic (exact) mass is 315 g/mol. The summed E-state index contributed by atoms with van der Waals surface area (Å²) in [6, 6.07) is 3.79. The van der Waals surface area contributed by atoms with E-state index in [1.54, 1.807) is 0 Å². The number of unbranched alkanes of at least 4 members (excludes halogenated alkanes) is 2. The highest BCUT2D eigenvalue weighted by Gasteiger charge is 2.21. The molecule has 7 nitrogen and oxygen atoms in total. The Kier molecular flexibility index (Phi) is 6.57. The van der Waals surface area contributed by atoms with Gasteiger partial charge in [0, 0.05) is 25.2 Å². The summed E-state index contributed by atoms with van der Waals surface area (Å²) in [6.07, 6.45) is 2.65. The summed E-state index contributed by atoms with van der Waals surface area (Å²) >= 11 is 0. The molecule has 118 valence electrons. The zero-order chi connectivity index (χ0) is 15.9. The van der Waals surface area contributed by atoms with Crippen LogP contribution >= 0.6 is 0 Å². The lowest BCUT2D eigenvalue weighted by atomic mass is 10.3. The van der Waals surface area contributed by atoms with Gasteiger partial charge in [0.15, 0.2) is 0 Å². The van der Waals surface area contributed by atoms with Crippen LogP contribution in [0.4, 0.5) is 11.4 Å². The fourth-order valence-electron chi connectivity index (χ4n) is 1.84. The highest BCUT2D eigenvalue weighted by atomic mass is 32.2. The van der Waals surface area contributed by atoms with Gasteiger partial charge < -0.3 is 5.32 Å². The maximum atomic E-state index is 12.3. The van der Waals surface area contributed by atoms with Crippen LogP contribution in [0.3, 0.4) is 0 Å². The maximum absolute atomic E-state index is 12.3. The number of anilines is 1. The Morgan fingerprint density at radius 1 is 1.24 bits per heavy atom. The summed E-state index contributed by atoms with van der Waals surface area (Å²) in [5.74, 6) is 0. The molecule has 0 aromatic heterocycles.